The van der Waals surface area contributed by atoms with Gasteiger partial charge in [-0.15, -0.1) is 0 Å². The molecule has 2 aromatic rings. The molecule has 0 spiro atoms. The van der Waals surface area contributed by atoms with Gasteiger partial charge in [-0.1, -0.05) is 12.1 Å². The number of carbonyl (C=O) groups excluding carboxylic acids is 1. The molecule has 0 unspecified atom stereocenters. The number of carboxylic acids is 1. The summed E-state index contributed by atoms with van der Waals surface area (Å²) in [5.74, 6) is -1.31. The summed E-state index contributed by atoms with van der Waals surface area (Å²) in [4.78, 5) is 23.1. The largest absolute Gasteiger partial charge is 0.496 e. The minimum Gasteiger partial charge on any atom is -0.496 e. The molecule has 0 bridgehead atoms. The smallest absolute Gasteiger partial charge is 0.339 e. The summed E-state index contributed by atoms with van der Waals surface area (Å²) in [6, 6.07) is 11.0. The van der Waals surface area contributed by atoms with Crippen LogP contribution in [0.4, 0.5) is 11.4 Å². The lowest BCUT2D eigenvalue weighted by Crippen LogP contribution is -2.14. The highest BCUT2D eigenvalue weighted by Crippen LogP contribution is 2.24. The predicted octanol–water partition coefficient (Wildman–Crippen LogP) is 2.23. The molecule has 1 amide bonds. The van der Waals surface area contributed by atoms with Crippen LogP contribution in [0, 0.1) is 0 Å². The molecule has 2 aromatic carbocycles. The average Bonchev–Trinajstić information content (AvgIpc) is 2.47. The van der Waals surface area contributed by atoms with Gasteiger partial charge in [0.1, 0.15) is 11.3 Å². The fourth-order valence-corrected chi connectivity index (χ4v) is 1.85. The van der Waals surface area contributed by atoms with E-state index in [4.69, 9.17) is 15.6 Å². The number of methoxy groups -OCH3 is 1. The van der Waals surface area contributed by atoms with Crippen LogP contribution in [0.1, 0.15) is 20.7 Å². The second-order valence-corrected chi connectivity index (χ2v) is 4.26. The molecule has 0 heterocycles. The van der Waals surface area contributed by atoms with Crippen molar-refractivity contribution in [2.24, 2.45) is 0 Å². The van der Waals surface area contributed by atoms with Crippen molar-refractivity contribution in [2.45, 2.75) is 0 Å². The van der Waals surface area contributed by atoms with Gasteiger partial charge in [0.15, 0.2) is 0 Å². The first-order valence-corrected chi connectivity index (χ1v) is 6.10. The van der Waals surface area contributed by atoms with Crippen LogP contribution in [-0.2, 0) is 0 Å². The number of nitrogens with two attached hydrogens (primary N) is 1. The highest BCUT2D eigenvalue weighted by molar-refractivity contribution is 6.08. The van der Waals surface area contributed by atoms with Gasteiger partial charge < -0.3 is 20.9 Å². The van der Waals surface area contributed by atoms with Crippen molar-refractivity contribution in [1.29, 1.82) is 0 Å². The molecule has 0 saturated heterocycles. The van der Waals surface area contributed by atoms with Gasteiger partial charge in [0.25, 0.3) is 5.91 Å². The van der Waals surface area contributed by atoms with Gasteiger partial charge in [-0.3, -0.25) is 4.79 Å². The number of hydrogen-bond acceptors (Lipinski definition) is 4. The molecule has 0 saturated carbocycles. The maximum Gasteiger partial charge on any atom is 0.339 e. The third kappa shape index (κ3) is 3.11. The third-order valence-corrected chi connectivity index (χ3v) is 2.90. The number of hydrogen-bond donors (Lipinski definition) is 3. The number of carbonyl (C=O) groups is 2. The zero-order valence-corrected chi connectivity index (χ0v) is 11.3. The molecular weight excluding hydrogens is 272 g/mol. The summed E-state index contributed by atoms with van der Waals surface area (Å²) in [7, 11) is 1.36. The first kappa shape index (κ1) is 14.4. The predicted molar refractivity (Wildman–Crippen MR) is 78.8 cm³/mol. The van der Waals surface area contributed by atoms with Crippen LogP contribution in [0.25, 0.3) is 0 Å². The van der Waals surface area contributed by atoms with Crippen LogP contribution in [0.2, 0.25) is 0 Å². The highest BCUT2D eigenvalue weighted by atomic mass is 16.5. The van der Waals surface area contributed by atoms with E-state index in [1.165, 1.54) is 25.3 Å². The fourth-order valence-electron chi connectivity index (χ4n) is 1.85. The Bertz CT molecular complexity index is 698. The molecule has 0 atom stereocenters. The van der Waals surface area contributed by atoms with Crippen LogP contribution in [0.3, 0.4) is 0 Å². The van der Waals surface area contributed by atoms with Gasteiger partial charge in [0.05, 0.1) is 12.7 Å². The van der Waals surface area contributed by atoms with E-state index in [2.05, 4.69) is 5.32 Å². The van der Waals surface area contributed by atoms with Crippen molar-refractivity contribution in [3.8, 4) is 5.75 Å². The third-order valence-electron chi connectivity index (χ3n) is 2.90. The van der Waals surface area contributed by atoms with E-state index in [1.54, 1.807) is 24.3 Å². The van der Waals surface area contributed by atoms with Crippen molar-refractivity contribution in [1.82, 2.24) is 0 Å². The Kier molecular flexibility index (Phi) is 4.08. The Morgan fingerprint density at radius 2 is 1.86 bits per heavy atom. The van der Waals surface area contributed by atoms with Gasteiger partial charge in [-0.25, -0.2) is 4.79 Å². The summed E-state index contributed by atoms with van der Waals surface area (Å²) in [5, 5.41) is 11.6. The Morgan fingerprint density at radius 1 is 1.14 bits per heavy atom. The number of ether oxygens (including phenoxy) is 1. The van der Waals surface area contributed by atoms with Gasteiger partial charge in [0, 0.05) is 17.4 Å². The minimum atomic E-state index is -1.10. The molecule has 108 valence electrons. The summed E-state index contributed by atoms with van der Waals surface area (Å²) in [6.07, 6.45) is 0. The molecular formula is C15H14N2O4. The normalized spacial score (nSPS) is 9.95. The second-order valence-electron chi connectivity index (χ2n) is 4.26. The van der Waals surface area contributed by atoms with E-state index in [0.717, 1.165) is 0 Å². The fraction of sp³-hybridized carbons (Fsp3) is 0.0667. The standard InChI is InChI=1S/C15H14N2O4/c1-21-13-8-9(6-7-11(13)15(19)20)17-14(18)10-4-2-3-5-12(10)16/h2-8H,16H2,1H3,(H,17,18)(H,19,20). The topological polar surface area (TPSA) is 102 Å². The average molecular weight is 286 g/mol. The van der Waals surface area contributed by atoms with Crippen molar-refractivity contribution < 1.29 is 19.4 Å². The summed E-state index contributed by atoms with van der Waals surface area (Å²) >= 11 is 0. The number of aromatic carboxylic acids is 1. The van der Waals surface area contributed by atoms with Crippen molar-refractivity contribution >= 4 is 23.3 Å². The summed E-state index contributed by atoms with van der Waals surface area (Å²) < 4.78 is 5.00. The van der Waals surface area contributed by atoms with Gasteiger partial charge in [-0.05, 0) is 24.3 Å². The first-order chi connectivity index (χ1) is 10.0. The number of nitrogens with one attached hydrogen (secondary N) is 1. The molecule has 2 rings (SSSR count). The van der Waals surface area contributed by atoms with Crippen LogP contribution in [-0.4, -0.2) is 24.1 Å². The number of nitrogen functional groups attached to an aromatic ring is 1. The van der Waals surface area contributed by atoms with E-state index < -0.39 is 5.97 Å². The number of rotatable bonds is 4. The van der Waals surface area contributed by atoms with Crippen LogP contribution in [0.15, 0.2) is 42.5 Å². The molecule has 4 N–H and O–H groups in total. The Balaban J connectivity index is 2.26. The number of benzene rings is 2. The van der Waals surface area contributed by atoms with E-state index in [-0.39, 0.29) is 17.2 Å². The molecule has 21 heavy (non-hydrogen) atoms. The van der Waals surface area contributed by atoms with Gasteiger partial charge >= 0.3 is 5.97 Å². The lowest BCUT2D eigenvalue weighted by atomic mass is 10.1. The van der Waals surface area contributed by atoms with Crippen molar-refractivity contribution in [3.05, 3.63) is 53.6 Å². The zero-order valence-electron chi connectivity index (χ0n) is 11.3. The molecule has 0 aromatic heterocycles. The van der Waals surface area contributed by atoms with Crippen LogP contribution in [0.5, 0.6) is 5.75 Å². The summed E-state index contributed by atoms with van der Waals surface area (Å²) in [5.41, 5.74) is 6.89. The molecule has 0 aliphatic carbocycles. The maximum absolute atomic E-state index is 12.1. The molecule has 0 fully saturated rings. The Morgan fingerprint density at radius 3 is 2.48 bits per heavy atom. The maximum atomic E-state index is 12.1. The van der Waals surface area contributed by atoms with Crippen molar-refractivity contribution in [2.75, 3.05) is 18.2 Å². The number of anilines is 2. The SMILES string of the molecule is COc1cc(NC(=O)c2ccccc2N)ccc1C(=O)O. The molecule has 0 radical (unpaired) electrons. The van der Waals surface area contributed by atoms with E-state index in [1.807, 2.05) is 0 Å². The number of carboxylic acid groups (broad SMARTS) is 1. The van der Waals surface area contributed by atoms with Gasteiger partial charge in [-0.2, -0.15) is 0 Å². The lowest BCUT2D eigenvalue weighted by molar-refractivity contribution is 0.0693. The zero-order chi connectivity index (χ0) is 15.4. The second kappa shape index (κ2) is 5.96. The highest BCUT2D eigenvalue weighted by Gasteiger charge is 2.14. The minimum absolute atomic E-state index is 0.0229. The molecule has 6 heteroatoms. The van der Waals surface area contributed by atoms with Crippen LogP contribution < -0.4 is 15.8 Å². The molecule has 6 nitrogen and oxygen atoms in total. The van der Waals surface area contributed by atoms with E-state index >= 15 is 0 Å². The van der Waals surface area contributed by atoms with Gasteiger partial charge in [0.2, 0.25) is 0 Å². The molecule has 0 aliphatic heterocycles. The van der Waals surface area contributed by atoms with Crippen molar-refractivity contribution in [3.63, 3.8) is 0 Å². The van der Waals surface area contributed by atoms with E-state index in [0.29, 0.717) is 16.9 Å². The number of para-hydroxylation sites is 1. The Hall–Kier alpha value is -3.02. The summed E-state index contributed by atoms with van der Waals surface area (Å²) in [6.45, 7) is 0. The van der Waals surface area contributed by atoms with Crippen LogP contribution >= 0.6 is 0 Å². The van der Waals surface area contributed by atoms with E-state index in [9.17, 15) is 9.59 Å². The Labute approximate surface area is 121 Å². The quantitative estimate of drug-likeness (QED) is 0.748. The molecule has 0 aliphatic rings. The first-order valence-electron chi connectivity index (χ1n) is 6.10. The monoisotopic (exact) mass is 286 g/mol. The number of amides is 1. The lowest BCUT2D eigenvalue weighted by Gasteiger charge is -2.10.